The summed E-state index contributed by atoms with van der Waals surface area (Å²) >= 11 is 0. The number of hydrogen-bond donors (Lipinski definition) is 0. The summed E-state index contributed by atoms with van der Waals surface area (Å²) in [6, 6.07) is 0. The van der Waals surface area contributed by atoms with Gasteiger partial charge in [0.15, 0.2) is 0 Å². The molecule has 0 atom stereocenters. The van der Waals surface area contributed by atoms with Crippen molar-refractivity contribution in [3.05, 3.63) is 23.7 Å². The molecule has 1 aliphatic rings. The maximum Gasteiger partial charge on any atom is 0.247 e. The molecule has 0 heterocycles. The van der Waals surface area contributed by atoms with Gasteiger partial charge in [-0.25, -0.2) is 0 Å². The van der Waals surface area contributed by atoms with E-state index in [9.17, 15) is 0 Å². The maximum absolute atomic E-state index is 6.19. The third kappa shape index (κ3) is 3.13. The van der Waals surface area contributed by atoms with E-state index >= 15 is 0 Å². The van der Waals surface area contributed by atoms with Crippen LogP contribution < -0.4 is 0 Å². The molecule has 15 heavy (non-hydrogen) atoms. The molecule has 0 unspecified atom stereocenters. The van der Waals surface area contributed by atoms with Crippen LogP contribution in [-0.2, 0) is 9.16 Å². The molecular formula is C12H22O2Si. The molecule has 0 saturated heterocycles. The number of allylic oxidation sites excluding steroid dienone is 2. The van der Waals surface area contributed by atoms with Crippen LogP contribution in [0.3, 0.4) is 0 Å². The van der Waals surface area contributed by atoms with Gasteiger partial charge >= 0.3 is 0 Å². The van der Waals surface area contributed by atoms with Gasteiger partial charge < -0.3 is 9.16 Å². The summed E-state index contributed by atoms with van der Waals surface area (Å²) in [5.41, 5.74) is 0.619. The van der Waals surface area contributed by atoms with Crippen molar-refractivity contribution in [3.8, 4) is 0 Å². The Bertz CT molecular complexity index is 277. The molecule has 2 nitrogen and oxygen atoms in total. The van der Waals surface area contributed by atoms with Crippen LogP contribution in [0.25, 0.3) is 0 Å². The lowest BCUT2D eigenvalue weighted by Gasteiger charge is -2.31. The Labute approximate surface area is 94.1 Å². The zero-order valence-corrected chi connectivity index (χ0v) is 11.5. The molecule has 0 saturated carbocycles. The van der Waals surface area contributed by atoms with E-state index in [0.717, 1.165) is 24.4 Å². The zero-order chi connectivity index (χ0) is 11.5. The highest BCUT2D eigenvalue weighted by atomic mass is 28.4. The summed E-state index contributed by atoms with van der Waals surface area (Å²) in [7, 11) is 0.126. The Morgan fingerprint density at radius 2 is 1.67 bits per heavy atom. The molecule has 1 aliphatic carbocycles. The fraction of sp³-hybridized carbons (Fsp3) is 0.667. The highest BCUT2D eigenvalue weighted by molar-refractivity contribution is 6.72. The lowest BCUT2D eigenvalue weighted by Crippen LogP contribution is -2.34. The number of ether oxygens (including phenoxy) is 1. The molecule has 1 rings (SSSR count). The van der Waals surface area contributed by atoms with Crippen LogP contribution >= 0.6 is 0 Å². The van der Waals surface area contributed by atoms with Gasteiger partial charge in [-0.1, -0.05) is 26.0 Å². The second kappa shape index (κ2) is 4.88. The molecule has 0 fully saturated rings. The smallest absolute Gasteiger partial charge is 0.247 e. The molecule has 0 amide bonds. The largest absolute Gasteiger partial charge is 0.544 e. The number of rotatable bonds is 4. The molecule has 3 heteroatoms. The van der Waals surface area contributed by atoms with Crippen LogP contribution in [0.2, 0.25) is 18.6 Å². The van der Waals surface area contributed by atoms with E-state index in [-0.39, 0.29) is 0 Å². The Morgan fingerprint density at radius 1 is 1.13 bits per heavy atom. The Kier molecular flexibility index (Phi) is 4.02. The Hall–Kier alpha value is -0.703. The van der Waals surface area contributed by atoms with Gasteiger partial charge in [0.05, 0.1) is 7.11 Å². The van der Waals surface area contributed by atoms with Crippen molar-refractivity contribution >= 4 is 8.32 Å². The van der Waals surface area contributed by atoms with Gasteiger partial charge in [0, 0.05) is 12.8 Å². The molecule has 0 radical (unpaired) electrons. The van der Waals surface area contributed by atoms with Crippen molar-refractivity contribution in [2.45, 2.75) is 45.3 Å². The number of hydrogen-bond acceptors (Lipinski definition) is 2. The van der Waals surface area contributed by atoms with Crippen molar-refractivity contribution < 1.29 is 9.16 Å². The summed E-state index contributed by atoms with van der Waals surface area (Å²) in [5, 5.41) is 0. The molecule has 0 aliphatic heterocycles. The van der Waals surface area contributed by atoms with E-state index in [0.29, 0.717) is 5.54 Å². The maximum atomic E-state index is 6.19. The average Bonchev–Trinajstić information content (AvgIpc) is 2.18. The molecular weight excluding hydrogens is 204 g/mol. The third-order valence-electron chi connectivity index (χ3n) is 3.11. The van der Waals surface area contributed by atoms with E-state index in [1.807, 2.05) is 0 Å². The zero-order valence-electron chi connectivity index (χ0n) is 10.5. The standard InChI is InChI=1S/C12H22O2Si/c1-10(2)15(4,5)14-12-9-7-6-8-11(12)13-3/h6-7,10H,8-9H2,1-5H3. The summed E-state index contributed by atoms with van der Waals surface area (Å²) in [4.78, 5) is 0. The summed E-state index contributed by atoms with van der Waals surface area (Å²) < 4.78 is 11.5. The SMILES string of the molecule is COC1=C(O[Si](C)(C)C(C)C)CC=CC1. The van der Waals surface area contributed by atoms with Gasteiger partial charge in [-0.05, 0) is 18.6 Å². The average molecular weight is 226 g/mol. The van der Waals surface area contributed by atoms with E-state index in [4.69, 9.17) is 9.16 Å². The molecule has 0 spiro atoms. The second-order valence-electron chi connectivity index (χ2n) is 4.79. The minimum Gasteiger partial charge on any atom is -0.544 e. The lowest BCUT2D eigenvalue weighted by molar-refractivity contribution is 0.245. The first-order valence-corrected chi connectivity index (χ1v) is 8.56. The van der Waals surface area contributed by atoms with Gasteiger partial charge in [0.25, 0.3) is 0 Å². The fourth-order valence-electron chi connectivity index (χ4n) is 1.34. The molecule has 0 N–H and O–H groups in total. The van der Waals surface area contributed by atoms with Gasteiger partial charge in [-0.15, -0.1) is 0 Å². The Balaban J connectivity index is 2.75. The van der Waals surface area contributed by atoms with Crippen molar-refractivity contribution in [1.82, 2.24) is 0 Å². The summed E-state index contributed by atoms with van der Waals surface area (Å²) in [5.74, 6) is 2.05. The summed E-state index contributed by atoms with van der Waals surface area (Å²) in [6.07, 6.45) is 6.04. The van der Waals surface area contributed by atoms with Crippen LogP contribution in [0.5, 0.6) is 0 Å². The fourth-order valence-corrected chi connectivity index (χ4v) is 2.41. The van der Waals surface area contributed by atoms with Crippen molar-refractivity contribution in [2.75, 3.05) is 7.11 Å². The predicted molar refractivity (Wildman–Crippen MR) is 66.1 cm³/mol. The topological polar surface area (TPSA) is 18.5 Å². The van der Waals surface area contributed by atoms with Crippen LogP contribution in [0.15, 0.2) is 23.7 Å². The third-order valence-corrected chi connectivity index (χ3v) is 6.66. The normalized spacial score (nSPS) is 17.2. The molecule has 0 aromatic carbocycles. The summed E-state index contributed by atoms with van der Waals surface area (Å²) in [6.45, 7) is 8.99. The second-order valence-corrected chi connectivity index (χ2v) is 9.36. The Morgan fingerprint density at radius 3 is 2.13 bits per heavy atom. The first-order chi connectivity index (χ1) is 6.97. The first kappa shape index (κ1) is 12.4. The van der Waals surface area contributed by atoms with Crippen LogP contribution in [-0.4, -0.2) is 15.4 Å². The van der Waals surface area contributed by atoms with Crippen LogP contribution in [0.1, 0.15) is 26.7 Å². The van der Waals surface area contributed by atoms with E-state index in [1.54, 1.807) is 7.11 Å². The number of methoxy groups -OCH3 is 1. The van der Waals surface area contributed by atoms with Crippen molar-refractivity contribution in [2.24, 2.45) is 0 Å². The lowest BCUT2D eigenvalue weighted by atomic mass is 10.1. The quantitative estimate of drug-likeness (QED) is 0.536. The van der Waals surface area contributed by atoms with E-state index in [2.05, 4.69) is 39.1 Å². The van der Waals surface area contributed by atoms with Gasteiger partial charge in [0.1, 0.15) is 11.5 Å². The van der Waals surface area contributed by atoms with Gasteiger partial charge in [0.2, 0.25) is 8.32 Å². The van der Waals surface area contributed by atoms with E-state index in [1.165, 1.54) is 0 Å². The van der Waals surface area contributed by atoms with Gasteiger partial charge in [-0.2, -0.15) is 0 Å². The van der Waals surface area contributed by atoms with Crippen LogP contribution in [0.4, 0.5) is 0 Å². The predicted octanol–water partition coefficient (Wildman–Crippen LogP) is 3.83. The minimum absolute atomic E-state index is 0.619. The van der Waals surface area contributed by atoms with E-state index < -0.39 is 8.32 Å². The first-order valence-electron chi connectivity index (χ1n) is 5.57. The molecule has 0 aromatic heterocycles. The minimum atomic E-state index is -1.60. The van der Waals surface area contributed by atoms with Crippen LogP contribution in [0, 0.1) is 0 Å². The highest BCUT2D eigenvalue weighted by Gasteiger charge is 2.30. The highest BCUT2D eigenvalue weighted by Crippen LogP contribution is 2.29. The van der Waals surface area contributed by atoms with Crippen molar-refractivity contribution in [1.29, 1.82) is 0 Å². The molecule has 0 bridgehead atoms. The molecule has 0 aromatic rings. The van der Waals surface area contributed by atoms with Gasteiger partial charge in [-0.3, -0.25) is 0 Å². The van der Waals surface area contributed by atoms with Crippen molar-refractivity contribution in [3.63, 3.8) is 0 Å². The monoisotopic (exact) mass is 226 g/mol. The molecule has 86 valence electrons.